The first-order valence-corrected chi connectivity index (χ1v) is 8.65. The first-order chi connectivity index (χ1) is 11.2. The molecule has 124 valence electrons. The molecule has 1 aliphatic heterocycles. The van der Waals surface area contributed by atoms with E-state index in [1.165, 1.54) is 12.0 Å². The summed E-state index contributed by atoms with van der Waals surface area (Å²) in [4.78, 5) is 6.59. The number of nitrogens with zero attached hydrogens (tertiary/aromatic N) is 3. The molecule has 1 saturated heterocycles. The number of imidazole rings is 1. The lowest BCUT2D eigenvalue weighted by atomic mass is 9.77. The van der Waals surface area contributed by atoms with E-state index in [0.717, 1.165) is 44.6 Å². The minimum absolute atomic E-state index is 0.115. The SMILES string of the molecule is CCC[C@@]1(CO)CCCN(Cc2ccc(-n3ccnc3)cc2)C1. The maximum atomic E-state index is 9.86. The van der Waals surface area contributed by atoms with Crippen molar-refractivity contribution in [1.82, 2.24) is 14.5 Å². The van der Waals surface area contributed by atoms with Crippen molar-refractivity contribution in [3.63, 3.8) is 0 Å². The Balaban J connectivity index is 1.64. The van der Waals surface area contributed by atoms with Crippen LogP contribution in [0.15, 0.2) is 43.0 Å². The van der Waals surface area contributed by atoms with Gasteiger partial charge in [-0.1, -0.05) is 25.5 Å². The average Bonchev–Trinajstić information content (AvgIpc) is 3.11. The normalized spacial score (nSPS) is 22.3. The minimum atomic E-state index is 0.115. The lowest BCUT2D eigenvalue weighted by molar-refractivity contribution is 0.0216. The monoisotopic (exact) mass is 313 g/mol. The molecule has 1 atom stereocenters. The van der Waals surface area contributed by atoms with E-state index in [1.54, 1.807) is 6.20 Å². The van der Waals surface area contributed by atoms with Gasteiger partial charge in [0.25, 0.3) is 0 Å². The van der Waals surface area contributed by atoms with Gasteiger partial charge in [0.15, 0.2) is 0 Å². The van der Waals surface area contributed by atoms with Crippen molar-refractivity contribution in [2.45, 2.75) is 39.2 Å². The Morgan fingerprint density at radius 1 is 1.26 bits per heavy atom. The van der Waals surface area contributed by atoms with Gasteiger partial charge in [-0.3, -0.25) is 4.90 Å². The third-order valence-corrected chi connectivity index (χ3v) is 5.00. The zero-order valence-corrected chi connectivity index (χ0v) is 14.0. The maximum absolute atomic E-state index is 9.86. The molecule has 0 radical (unpaired) electrons. The van der Waals surface area contributed by atoms with Crippen LogP contribution in [0, 0.1) is 5.41 Å². The molecule has 2 heterocycles. The van der Waals surface area contributed by atoms with Crippen LogP contribution in [0.2, 0.25) is 0 Å². The van der Waals surface area contributed by atoms with Gasteiger partial charge < -0.3 is 9.67 Å². The number of hydrogen-bond donors (Lipinski definition) is 1. The lowest BCUT2D eigenvalue weighted by Crippen LogP contribution is -2.44. The second-order valence-electron chi connectivity index (χ2n) is 6.86. The van der Waals surface area contributed by atoms with E-state index in [9.17, 15) is 5.11 Å². The molecule has 4 heteroatoms. The average molecular weight is 313 g/mol. The molecule has 4 nitrogen and oxygen atoms in total. The Labute approximate surface area is 138 Å². The van der Waals surface area contributed by atoms with Crippen LogP contribution in [0.3, 0.4) is 0 Å². The van der Waals surface area contributed by atoms with Gasteiger partial charge in [-0.05, 0) is 43.5 Å². The Kier molecular flexibility index (Phi) is 5.13. The highest BCUT2D eigenvalue weighted by Gasteiger charge is 2.33. The highest BCUT2D eigenvalue weighted by atomic mass is 16.3. The number of benzene rings is 1. The first-order valence-electron chi connectivity index (χ1n) is 8.65. The van der Waals surface area contributed by atoms with Gasteiger partial charge in [0.2, 0.25) is 0 Å². The van der Waals surface area contributed by atoms with Crippen LogP contribution in [0.25, 0.3) is 5.69 Å². The van der Waals surface area contributed by atoms with E-state index in [4.69, 9.17) is 0 Å². The third-order valence-electron chi connectivity index (χ3n) is 5.00. The molecule has 1 aromatic carbocycles. The molecule has 1 N–H and O–H groups in total. The van der Waals surface area contributed by atoms with Crippen molar-refractivity contribution in [3.8, 4) is 5.69 Å². The largest absolute Gasteiger partial charge is 0.396 e. The predicted molar refractivity (Wildman–Crippen MR) is 92.5 cm³/mol. The molecule has 2 aromatic rings. The van der Waals surface area contributed by atoms with E-state index in [1.807, 2.05) is 17.1 Å². The molecule has 3 rings (SSSR count). The summed E-state index contributed by atoms with van der Waals surface area (Å²) in [5, 5.41) is 9.86. The lowest BCUT2D eigenvalue weighted by Gasteiger charge is -2.42. The van der Waals surface area contributed by atoms with Gasteiger partial charge in [-0.15, -0.1) is 0 Å². The van der Waals surface area contributed by atoms with Crippen LogP contribution in [0.4, 0.5) is 0 Å². The zero-order chi connectivity index (χ0) is 16.1. The number of likely N-dealkylation sites (tertiary alicyclic amines) is 1. The van der Waals surface area contributed by atoms with Gasteiger partial charge in [-0.2, -0.15) is 0 Å². The fourth-order valence-electron chi connectivity index (χ4n) is 3.83. The highest BCUT2D eigenvalue weighted by Crippen LogP contribution is 2.34. The molecule has 0 unspecified atom stereocenters. The summed E-state index contributed by atoms with van der Waals surface area (Å²) in [7, 11) is 0. The van der Waals surface area contributed by atoms with Crippen LogP contribution in [-0.4, -0.2) is 39.3 Å². The summed E-state index contributed by atoms with van der Waals surface area (Å²) in [5.41, 5.74) is 2.59. The van der Waals surface area contributed by atoms with E-state index in [0.29, 0.717) is 6.61 Å². The second kappa shape index (κ2) is 7.28. The molecule has 1 aromatic heterocycles. The van der Waals surface area contributed by atoms with Crippen molar-refractivity contribution in [2.24, 2.45) is 5.41 Å². The van der Waals surface area contributed by atoms with E-state index < -0.39 is 0 Å². The Bertz CT molecular complexity index is 590. The van der Waals surface area contributed by atoms with Crippen LogP contribution in [-0.2, 0) is 6.54 Å². The van der Waals surface area contributed by atoms with Gasteiger partial charge in [0.1, 0.15) is 0 Å². The van der Waals surface area contributed by atoms with E-state index >= 15 is 0 Å². The molecule has 0 bridgehead atoms. The first kappa shape index (κ1) is 16.2. The van der Waals surface area contributed by atoms with Crippen LogP contribution in [0.1, 0.15) is 38.2 Å². The molecular weight excluding hydrogens is 286 g/mol. The molecular formula is C19H27N3O. The second-order valence-corrected chi connectivity index (χ2v) is 6.86. The third kappa shape index (κ3) is 3.82. The van der Waals surface area contributed by atoms with Gasteiger partial charge in [-0.25, -0.2) is 4.98 Å². The Morgan fingerprint density at radius 2 is 2.09 bits per heavy atom. The van der Waals surface area contributed by atoms with Crippen molar-refractivity contribution in [3.05, 3.63) is 48.5 Å². The Morgan fingerprint density at radius 3 is 2.74 bits per heavy atom. The van der Waals surface area contributed by atoms with Gasteiger partial charge >= 0.3 is 0 Å². The van der Waals surface area contributed by atoms with Crippen molar-refractivity contribution in [1.29, 1.82) is 0 Å². The minimum Gasteiger partial charge on any atom is -0.396 e. The van der Waals surface area contributed by atoms with E-state index in [2.05, 4.69) is 41.1 Å². The summed E-state index contributed by atoms with van der Waals surface area (Å²) in [6, 6.07) is 8.69. The Hall–Kier alpha value is -1.65. The molecule has 1 aliphatic rings. The summed E-state index contributed by atoms with van der Waals surface area (Å²) in [6.07, 6.45) is 10.2. The molecule has 0 aliphatic carbocycles. The highest BCUT2D eigenvalue weighted by molar-refractivity contribution is 5.34. The summed E-state index contributed by atoms with van der Waals surface area (Å²) < 4.78 is 2.02. The number of rotatable bonds is 6. The fraction of sp³-hybridized carbons (Fsp3) is 0.526. The molecule has 0 spiro atoms. The quantitative estimate of drug-likeness (QED) is 0.890. The van der Waals surface area contributed by atoms with Crippen molar-refractivity contribution in [2.75, 3.05) is 19.7 Å². The summed E-state index contributed by atoms with van der Waals surface area (Å²) in [5.74, 6) is 0. The number of piperidine rings is 1. The number of hydrogen-bond acceptors (Lipinski definition) is 3. The molecule has 0 amide bonds. The predicted octanol–water partition coefficient (Wildman–Crippen LogP) is 3.25. The smallest absolute Gasteiger partial charge is 0.0991 e. The van der Waals surface area contributed by atoms with Gasteiger partial charge in [0, 0.05) is 43.2 Å². The van der Waals surface area contributed by atoms with Gasteiger partial charge in [0.05, 0.1) is 6.33 Å². The number of aromatic nitrogens is 2. The molecule has 1 fully saturated rings. The fourth-order valence-corrected chi connectivity index (χ4v) is 3.83. The zero-order valence-electron chi connectivity index (χ0n) is 14.0. The van der Waals surface area contributed by atoms with Crippen molar-refractivity contribution >= 4 is 0 Å². The topological polar surface area (TPSA) is 41.3 Å². The maximum Gasteiger partial charge on any atom is 0.0991 e. The standard InChI is InChI=1S/C19H27N3O/c1-2-8-19(15-23)9-3-11-21(14-19)13-17-4-6-18(7-5-17)22-12-10-20-16-22/h4-7,10,12,16,23H,2-3,8-9,11,13-15H2,1H3/t19-/m1/s1. The molecule has 0 saturated carbocycles. The number of aliphatic hydroxyl groups excluding tert-OH is 1. The molecule has 23 heavy (non-hydrogen) atoms. The summed E-state index contributed by atoms with van der Waals surface area (Å²) in [6.45, 7) is 5.65. The van der Waals surface area contributed by atoms with E-state index in [-0.39, 0.29) is 5.41 Å². The van der Waals surface area contributed by atoms with Crippen LogP contribution >= 0.6 is 0 Å². The number of aliphatic hydroxyl groups is 1. The summed E-state index contributed by atoms with van der Waals surface area (Å²) >= 11 is 0. The van der Waals surface area contributed by atoms with Crippen LogP contribution in [0.5, 0.6) is 0 Å². The van der Waals surface area contributed by atoms with Crippen LogP contribution < -0.4 is 0 Å². The van der Waals surface area contributed by atoms with Crippen molar-refractivity contribution < 1.29 is 5.11 Å².